The van der Waals surface area contributed by atoms with Gasteiger partial charge in [0.2, 0.25) is 5.95 Å². The van der Waals surface area contributed by atoms with Crippen LogP contribution < -0.4 is 14.7 Å². The first-order valence-electron chi connectivity index (χ1n) is 8.53. The summed E-state index contributed by atoms with van der Waals surface area (Å²) < 4.78 is 1.74. The van der Waals surface area contributed by atoms with Gasteiger partial charge in [-0.25, -0.2) is 19.6 Å². The molecule has 9 heteroatoms. The molecule has 9 nitrogen and oxygen atoms in total. The highest BCUT2D eigenvalue weighted by atomic mass is 15.4. The molecule has 4 rings (SSSR count). The van der Waals surface area contributed by atoms with Crippen molar-refractivity contribution in [3.8, 4) is 5.82 Å². The summed E-state index contributed by atoms with van der Waals surface area (Å²) >= 11 is 0. The van der Waals surface area contributed by atoms with Gasteiger partial charge < -0.3 is 14.7 Å². The van der Waals surface area contributed by atoms with Crippen molar-refractivity contribution in [2.45, 2.75) is 0 Å². The molecule has 0 atom stereocenters. The number of rotatable bonds is 4. The van der Waals surface area contributed by atoms with E-state index in [2.05, 4.69) is 34.8 Å². The Bertz CT molecular complexity index is 854. The zero-order valence-corrected chi connectivity index (χ0v) is 14.9. The van der Waals surface area contributed by atoms with E-state index in [1.807, 2.05) is 49.6 Å². The SMILES string of the molecule is CN(C)c1ccnc(N2CCN(c3cc(-n4cccn4)ncn3)CC2)n1. The van der Waals surface area contributed by atoms with Crippen LogP contribution in [0.25, 0.3) is 5.82 Å². The van der Waals surface area contributed by atoms with Gasteiger partial charge in [-0.1, -0.05) is 0 Å². The average Bonchev–Trinajstić information content (AvgIpc) is 3.23. The predicted molar refractivity (Wildman–Crippen MR) is 99.9 cm³/mol. The van der Waals surface area contributed by atoms with Crippen LogP contribution in [0.2, 0.25) is 0 Å². The lowest BCUT2D eigenvalue weighted by Crippen LogP contribution is -2.47. The molecule has 1 saturated heterocycles. The van der Waals surface area contributed by atoms with Crippen molar-refractivity contribution in [1.82, 2.24) is 29.7 Å². The fourth-order valence-corrected chi connectivity index (χ4v) is 2.92. The van der Waals surface area contributed by atoms with Gasteiger partial charge in [0.25, 0.3) is 0 Å². The van der Waals surface area contributed by atoms with Crippen LogP contribution in [-0.4, -0.2) is 70.0 Å². The maximum atomic E-state index is 4.63. The van der Waals surface area contributed by atoms with Gasteiger partial charge in [-0.2, -0.15) is 10.1 Å². The molecule has 0 aromatic carbocycles. The van der Waals surface area contributed by atoms with Crippen LogP contribution in [0.3, 0.4) is 0 Å². The van der Waals surface area contributed by atoms with E-state index < -0.39 is 0 Å². The van der Waals surface area contributed by atoms with Gasteiger partial charge in [0.15, 0.2) is 5.82 Å². The van der Waals surface area contributed by atoms with E-state index in [9.17, 15) is 0 Å². The van der Waals surface area contributed by atoms with Gasteiger partial charge in [-0.15, -0.1) is 0 Å². The summed E-state index contributed by atoms with van der Waals surface area (Å²) in [5, 5.41) is 4.23. The molecule has 0 aliphatic carbocycles. The van der Waals surface area contributed by atoms with E-state index in [4.69, 9.17) is 0 Å². The fourth-order valence-electron chi connectivity index (χ4n) is 2.92. The molecule has 1 aliphatic heterocycles. The van der Waals surface area contributed by atoms with Gasteiger partial charge in [0.05, 0.1) is 0 Å². The highest BCUT2D eigenvalue weighted by Crippen LogP contribution is 2.19. The molecular weight excluding hydrogens is 330 g/mol. The Kier molecular flexibility index (Phi) is 4.34. The molecule has 0 bridgehead atoms. The Morgan fingerprint density at radius 1 is 0.923 bits per heavy atom. The lowest BCUT2D eigenvalue weighted by atomic mass is 10.3. The zero-order chi connectivity index (χ0) is 17.9. The minimum absolute atomic E-state index is 0.768. The first kappa shape index (κ1) is 16.2. The summed E-state index contributed by atoms with van der Waals surface area (Å²) in [6.45, 7) is 3.40. The van der Waals surface area contributed by atoms with Crippen LogP contribution >= 0.6 is 0 Å². The largest absolute Gasteiger partial charge is 0.363 e. The van der Waals surface area contributed by atoms with Crippen molar-refractivity contribution in [1.29, 1.82) is 0 Å². The fraction of sp³-hybridized carbons (Fsp3) is 0.353. The molecule has 134 valence electrons. The third-order valence-electron chi connectivity index (χ3n) is 4.35. The summed E-state index contributed by atoms with van der Waals surface area (Å²) in [5.74, 6) is 3.37. The van der Waals surface area contributed by atoms with Crippen molar-refractivity contribution in [2.24, 2.45) is 0 Å². The summed E-state index contributed by atoms with van der Waals surface area (Å²) in [4.78, 5) is 24.2. The standard InChI is InChI=1S/C17H21N9/c1-23(2)14-4-6-18-17(22-14)25-10-8-24(9-11-25)15-12-16(20-13-19-15)26-7-3-5-21-26/h3-7,12-13H,8-11H2,1-2H3. The Labute approximate surface area is 151 Å². The average molecular weight is 351 g/mol. The maximum absolute atomic E-state index is 4.63. The molecule has 4 heterocycles. The molecule has 3 aromatic rings. The molecule has 0 N–H and O–H groups in total. The first-order chi connectivity index (χ1) is 12.7. The molecular formula is C17H21N9. The Hall–Kier alpha value is -3.23. The second-order valence-electron chi connectivity index (χ2n) is 6.27. The maximum Gasteiger partial charge on any atom is 0.227 e. The van der Waals surface area contributed by atoms with Crippen LogP contribution in [0.15, 0.2) is 43.1 Å². The quantitative estimate of drug-likeness (QED) is 0.684. The summed E-state index contributed by atoms with van der Waals surface area (Å²) in [6, 6.07) is 5.76. The number of piperazine rings is 1. The van der Waals surface area contributed by atoms with E-state index in [0.717, 1.165) is 49.6 Å². The van der Waals surface area contributed by atoms with Crippen molar-refractivity contribution in [3.05, 3.63) is 43.1 Å². The van der Waals surface area contributed by atoms with Crippen molar-refractivity contribution < 1.29 is 0 Å². The molecule has 1 fully saturated rings. The molecule has 0 unspecified atom stereocenters. The van der Waals surface area contributed by atoms with Gasteiger partial charge in [-0.3, -0.25) is 0 Å². The first-order valence-corrected chi connectivity index (χ1v) is 8.53. The minimum atomic E-state index is 0.768. The molecule has 0 saturated carbocycles. The number of nitrogens with zero attached hydrogens (tertiary/aromatic N) is 9. The third-order valence-corrected chi connectivity index (χ3v) is 4.35. The van der Waals surface area contributed by atoms with Crippen LogP contribution in [0.4, 0.5) is 17.6 Å². The van der Waals surface area contributed by atoms with Gasteiger partial charge in [0, 0.05) is 64.9 Å². The number of hydrogen-bond acceptors (Lipinski definition) is 8. The molecule has 1 aliphatic rings. The van der Waals surface area contributed by atoms with Crippen molar-refractivity contribution in [3.63, 3.8) is 0 Å². The normalized spacial score (nSPS) is 14.5. The van der Waals surface area contributed by atoms with Gasteiger partial charge in [0.1, 0.15) is 18.0 Å². The van der Waals surface area contributed by atoms with Crippen LogP contribution in [0.5, 0.6) is 0 Å². The third kappa shape index (κ3) is 3.28. The topological polar surface area (TPSA) is 79.1 Å². The second-order valence-corrected chi connectivity index (χ2v) is 6.27. The van der Waals surface area contributed by atoms with E-state index >= 15 is 0 Å². The number of hydrogen-bond donors (Lipinski definition) is 0. The van der Waals surface area contributed by atoms with E-state index in [1.165, 1.54) is 0 Å². The van der Waals surface area contributed by atoms with E-state index in [1.54, 1.807) is 17.2 Å². The lowest BCUT2D eigenvalue weighted by Gasteiger charge is -2.35. The number of aromatic nitrogens is 6. The second kappa shape index (κ2) is 6.95. The van der Waals surface area contributed by atoms with Gasteiger partial charge >= 0.3 is 0 Å². The van der Waals surface area contributed by atoms with Crippen molar-refractivity contribution >= 4 is 17.6 Å². The Morgan fingerprint density at radius 2 is 1.69 bits per heavy atom. The minimum Gasteiger partial charge on any atom is -0.363 e. The Balaban J connectivity index is 1.46. The van der Waals surface area contributed by atoms with Crippen LogP contribution in [0, 0.1) is 0 Å². The monoisotopic (exact) mass is 351 g/mol. The number of anilines is 3. The molecule has 0 radical (unpaired) electrons. The van der Waals surface area contributed by atoms with Crippen molar-refractivity contribution in [2.75, 3.05) is 55.0 Å². The summed E-state index contributed by atoms with van der Waals surface area (Å²) in [7, 11) is 3.96. The predicted octanol–water partition coefficient (Wildman–Crippen LogP) is 0.845. The van der Waals surface area contributed by atoms with Gasteiger partial charge in [-0.05, 0) is 12.1 Å². The molecule has 0 amide bonds. The van der Waals surface area contributed by atoms with E-state index in [0.29, 0.717) is 0 Å². The van der Waals surface area contributed by atoms with Crippen LogP contribution in [-0.2, 0) is 0 Å². The molecule has 3 aromatic heterocycles. The van der Waals surface area contributed by atoms with Crippen LogP contribution in [0.1, 0.15) is 0 Å². The highest BCUT2D eigenvalue weighted by Gasteiger charge is 2.21. The Morgan fingerprint density at radius 3 is 2.42 bits per heavy atom. The smallest absolute Gasteiger partial charge is 0.227 e. The summed E-state index contributed by atoms with van der Waals surface area (Å²) in [5.41, 5.74) is 0. The van der Waals surface area contributed by atoms with E-state index in [-0.39, 0.29) is 0 Å². The molecule has 26 heavy (non-hydrogen) atoms. The molecule has 0 spiro atoms. The zero-order valence-electron chi connectivity index (χ0n) is 14.9. The highest BCUT2D eigenvalue weighted by molar-refractivity contribution is 5.47. The summed E-state index contributed by atoms with van der Waals surface area (Å²) in [6.07, 6.45) is 7.01. The lowest BCUT2D eigenvalue weighted by molar-refractivity contribution is 0.633.